The van der Waals surface area contributed by atoms with E-state index in [0.717, 1.165) is 5.56 Å². The molecule has 27 heavy (non-hydrogen) atoms. The second-order valence-electron chi connectivity index (χ2n) is 6.25. The first-order valence-corrected chi connectivity index (χ1v) is 8.27. The summed E-state index contributed by atoms with van der Waals surface area (Å²) in [6.07, 6.45) is -4.71. The summed E-state index contributed by atoms with van der Waals surface area (Å²) in [5, 5.41) is 0.524. The zero-order chi connectivity index (χ0) is 19.6. The smallest absolute Gasteiger partial charge is 0.406 e. The minimum Gasteiger partial charge on any atom is -0.406 e. The van der Waals surface area contributed by atoms with Crippen molar-refractivity contribution >= 4 is 10.9 Å². The summed E-state index contributed by atoms with van der Waals surface area (Å²) < 4.78 is 40.5. The minimum atomic E-state index is -4.71. The molecule has 0 radical (unpaired) electrons. The number of aromatic nitrogens is 2. The second kappa shape index (κ2) is 7.40. The van der Waals surface area contributed by atoms with E-state index >= 15 is 0 Å². The van der Waals surface area contributed by atoms with Gasteiger partial charge < -0.3 is 9.72 Å². The van der Waals surface area contributed by atoms with Crippen LogP contribution in [0.2, 0.25) is 0 Å². The Balaban J connectivity index is 1.74. The fraction of sp³-hybridized carbons (Fsp3) is 0.263. The molecule has 3 aromatic rings. The number of para-hydroxylation sites is 1. The van der Waals surface area contributed by atoms with Crippen LogP contribution in [0.5, 0.6) is 5.75 Å². The van der Waals surface area contributed by atoms with Crippen molar-refractivity contribution in [2.45, 2.75) is 25.9 Å². The average Bonchev–Trinajstić information content (AvgIpc) is 2.61. The van der Waals surface area contributed by atoms with Gasteiger partial charge in [0.15, 0.2) is 0 Å². The van der Waals surface area contributed by atoms with Crippen LogP contribution in [-0.2, 0) is 6.54 Å². The molecule has 2 aromatic carbocycles. The molecule has 5 nitrogen and oxygen atoms in total. The van der Waals surface area contributed by atoms with E-state index in [-0.39, 0.29) is 17.4 Å². The lowest BCUT2D eigenvalue weighted by Crippen LogP contribution is -2.26. The summed E-state index contributed by atoms with van der Waals surface area (Å²) in [5.74, 6) is 0.265. The van der Waals surface area contributed by atoms with Crippen LogP contribution in [0.3, 0.4) is 0 Å². The molecular formula is C19H18F3N3O2. The van der Waals surface area contributed by atoms with Crippen LogP contribution in [0.25, 0.3) is 10.9 Å². The van der Waals surface area contributed by atoms with E-state index in [1.165, 1.54) is 12.1 Å². The Morgan fingerprint density at radius 1 is 1.15 bits per heavy atom. The maximum absolute atomic E-state index is 12.2. The fourth-order valence-electron chi connectivity index (χ4n) is 2.73. The van der Waals surface area contributed by atoms with E-state index in [1.807, 2.05) is 24.9 Å². The van der Waals surface area contributed by atoms with Crippen LogP contribution in [-0.4, -0.2) is 28.3 Å². The zero-order valence-corrected chi connectivity index (χ0v) is 14.7. The van der Waals surface area contributed by atoms with E-state index in [2.05, 4.69) is 14.7 Å². The van der Waals surface area contributed by atoms with Gasteiger partial charge in [-0.2, -0.15) is 0 Å². The van der Waals surface area contributed by atoms with Crippen LogP contribution in [0, 0.1) is 0 Å². The predicted molar refractivity (Wildman–Crippen MR) is 95.4 cm³/mol. The zero-order valence-electron chi connectivity index (χ0n) is 14.7. The third-order valence-corrected chi connectivity index (χ3v) is 4.28. The molecule has 1 heterocycles. The number of benzene rings is 2. The van der Waals surface area contributed by atoms with Gasteiger partial charge in [0.05, 0.1) is 16.9 Å². The summed E-state index contributed by atoms with van der Waals surface area (Å²) >= 11 is 0. The van der Waals surface area contributed by atoms with Gasteiger partial charge in [0.1, 0.15) is 11.6 Å². The number of nitrogens with zero attached hydrogens (tertiary/aromatic N) is 2. The Bertz CT molecular complexity index is 984. The Kier molecular flexibility index (Phi) is 5.18. The van der Waals surface area contributed by atoms with Gasteiger partial charge in [-0.05, 0) is 43.8 Å². The molecular weight excluding hydrogens is 359 g/mol. The van der Waals surface area contributed by atoms with Gasteiger partial charge in [-0.15, -0.1) is 13.2 Å². The van der Waals surface area contributed by atoms with Crippen LogP contribution >= 0.6 is 0 Å². The summed E-state index contributed by atoms with van der Waals surface area (Å²) in [6, 6.07) is 12.6. The normalized spacial score (nSPS) is 13.1. The third kappa shape index (κ3) is 4.65. The summed E-state index contributed by atoms with van der Waals surface area (Å²) in [5.41, 5.74) is 1.22. The number of rotatable bonds is 5. The van der Waals surface area contributed by atoms with Gasteiger partial charge in [0, 0.05) is 6.54 Å². The molecule has 1 atom stereocenters. The van der Waals surface area contributed by atoms with E-state index in [9.17, 15) is 18.0 Å². The Morgan fingerprint density at radius 3 is 2.48 bits per heavy atom. The third-order valence-electron chi connectivity index (χ3n) is 4.28. The molecule has 0 bridgehead atoms. The van der Waals surface area contributed by atoms with E-state index in [1.54, 1.807) is 30.3 Å². The maximum atomic E-state index is 12.2. The Morgan fingerprint density at radius 2 is 1.81 bits per heavy atom. The maximum Gasteiger partial charge on any atom is 0.573 e. The van der Waals surface area contributed by atoms with Gasteiger partial charge in [0.2, 0.25) is 0 Å². The molecule has 1 unspecified atom stereocenters. The lowest BCUT2D eigenvalue weighted by atomic mass is 10.1. The molecule has 1 aromatic heterocycles. The van der Waals surface area contributed by atoms with E-state index in [4.69, 9.17) is 0 Å². The predicted octanol–water partition coefficient (Wildman–Crippen LogP) is 4.01. The molecule has 0 amide bonds. The van der Waals surface area contributed by atoms with Crippen molar-refractivity contribution in [2.75, 3.05) is 7.05 Å². The topological polar surface area (TPSA) is 58.2 Å². The SMILES string of the molecule is CC(c1nc2ccccc2c(=O)[nH]1)N(C)Cc1ccc(OC(F)(F)F)cc1. The summed E-state index contributed by atoms with van der Waals surface area (Å²) in [6.45, 7) is 2.36. The van der Waals surface area contributed by atoms with Gasteiger partial charge in [0.25, 0.3) is 5.56 Å². The summed E-state index contributed by atoms with van der Waals surface area (Å²) in [4.78, 5) is 21.5. The molecule has 0 saturated carbocycles. The molecule has 8 heteroatoms. The highest BCUT2D eigenvalue weighted by Crippen LogP contribution is 2.24. The van der Waals surface area contributed by atoms with Crippen molar-refractivity contribution in [3.8, 4) is 5.75 Å². The average molecular weight is 377 g/mol. The monoisotopic (exact) mass is 377 g/mol. The number of aromatic amines is 1. The second-order valence-corrected chi connectivity index (χ2v) is 6.25. The molecule has 142 valence electrons. The Hall–Kier alpha value is -2.87. The van der Waals surface area contributed by atoms with Crippen LogP contribution < -0.4 is 10.3 Å². The van der Waals surface area contributed by atoms with E-state index < -0.39 is 6.36 Å². The standard InChI is InChI=1S/C19H18F3N3O2/c1-12(17-23-16-6-4-3-5-15(16)18(26)24-17)25(2)11-13-7-9-14(10-8-13)27-19(20,21)22/h3-10,12H,11H2,1-2H3,(H,23,24,26). The molecule has 0 fully saturated rings. The molecule has 0 aliphatic rings. The lowest BCUT2D eigenvalue weighted by Gasteiger charge is -2.24. The number of nitrogens with one attached hydrogen (secondary N) is 1. The number of ether oxygens (including phenoxy) is 1. The van der Waals surface area contributed by atoms with Gasteiger partial charge in [-0.1, -0.05) is 24.3 Å². The lowest BCUT2D eigenvalue weighted by molar-refractivity contribution is -0.274. The highest BCUT2D eigenvalue weighted by Gasteiger charge is 2.31. The van der Waals surface area contributed by atoms with Crippen LogP contribution in [0.4, 0.5) is 13.2 Å². The van der Waals surface area contributed by atoms with Gasteiger partial charge in [-0.25, -0.2) is 4.98 Å². The van der Waals surface area contributed by atoms with Crippen LogP contribution in [0.15, 0.2) is 53.3 Å². The van der Waals surface area contributed by atoms with Gasteiger partial charge in [-0.3, -0.25) is 9.69 Å². The van der Waals surface area contributed by atoms with Crippen LogP contribution in [0.1, 0.15) is 24.4 Å². The first-order valence-electron chi connectivity index (χ1n) is 8.27. The molecule has 3 rings (SSSR count). The Labute approximate surface area is 153 Å². The van der Waals surface area contributed by atoms with Crippen molar-refractivity contribution in [3.63, 3.8) is 0 Å². The number of hydrogen-bond donors (Lipinski definition) is 1. The largest absolute Gasteiger partial charge is 0.573 e. The highest BCUT2D eigenvalue weighted by molar-refractivity contribution is 5.77. The number of fused-ring (bicyclic) bond motifs is 1. The fourth-order valence-corrected chi connectivity index (χ4v) is 2.73. The molecule has 0 saturated heterocycles. The van der Waals surface area contributed by atoms with E-state index in [0.29, 0.717) is 23.3 Å². The number of hydrogen-bond acceptors (Lipinski definition) is 4. The van der Waals surface area contributed by atoms with Crippen molar-refractivity contribution in [1.82, 2.24) is 14.9 Å². The number of alkyl halides is 3. The quantitative estimate of drug-likeness (QED) is 0.730. The highest BCUT2D eigenvalue weighted by atomic mass is 19.4. The first kappa shape index (κ1) is 18.9. The first-order chi connectivity index (χ1) is 12.7. The molecule has 0 aliphatic carbocycles. The number of halogens is 3. The van der Waals surface area contributed by atoms with Crippen molar-refractivity contribution < 1.29 is 17.9 Å². The van der Waals surface area contributed by atoms with Crippen molar-refractivity contribution in [1.29, 1.82) is 0 Å². The van der Waals surface area contributed by atoms with Crippen molar-refractivity contribution in [3.05, 3.63) is 70.3 Å². The summed E-state index contributed by atoms with van der Waals surface area (Å²) in [7, 11) is 1.85. The molecule has 0 spiro atoms. The van der Waals surface area contributed by atoms with Crippen molar-refractivity contribution in [2.24, 2.45) is 0 Å². The minimum absolute atomic E-state index is 0.201. The molecule has 1 N–H and O–H groups in total. The van der Waals surface area contributed by atoms with Gasteiger partial charge >= 0.3 is 6.36 Å². The number of H-pyrrole nitrogens is 1. The molecule has 0 aliphatic heterocycles.